The van der Waals surface area contributed by atoms with Crippen molar-refractivity contribution in [3.8, 4) is 0 Å². The Morgan fingerprint density at radius 2 is 1.82 bits per heavy atom. The summed E-state index contributed by atoms with van der Waals surface area (Å²) in [5, 5.41) is 3.62. The molecule has 6 nitrogen and oxygen atoms in total. The fourth-order valence-corrected chi connectivity index (χ4v) is 7.84. The molecule has 39 heavy (non-hydrogen) atoms. The van der Waals surface area contributed by atoms with Gasteiger partial charge in [0.1, 0.15) is 6.04 Å². The lowest BCUT2D eigenvalue weighted by Crippen LogP contribution is -2.52. The molecule has 0 spiro atoms. The van der Waals surface area contributed by atoms with Gasteiger partial charge in [-0.1, -0.05) is 49.2 Å². The highest BCUT2D eigenvalue weighted by molar-refractivity contribution is 8.00. The van der Waals surface area contributed by atoms with E-state index in [1.165, 1.54) is 17.6 Å². The summed E-state index contributed by atoms with van der Waals surface area (Å²) in [6.45, 7) is 8.17. The summed E-state index contributed by atoms with van der Waals surface area (Å²) in [6, 6.07) is 13.6. The molecule has 0 bridgehead atoms. The number of benzene rings is 2. The van der Waals surface area contributed by atoms with Crippen LogP contribution in [0.1, 0.15) is 67.4 Å². The lowest BCUT2D eigenvalue weighted by molar-refractivity contribution is -0.136. The number of allylic oxidation sites excluding steroid dienone is 1. The van der Waals surface area contributed by atoms with Crippen LogP contribution < -0.4 is 5.32 Å². The number of carbonyl (C=O) groups excluding carboxylic acids is 3. The van der Waals surface area contributed by atoms with E-state index in [1.54, 1.807) is 10.5 Å². The molecule has 0 saturated carbocycles. The molecule has 2 fully saturated rings. The van der Waals surface area contributed by atoms with E-state index in [0.29, 0.717) is 29.2 Å². The summed E-state index contributed by atoms with van der Waals surface area (Å²) in [7, 11) is 0. The molecule has 1 aliphatic carbocycles. The van der Waals surface area contributed by atoms with E-state index in [0.717, 1.165) is 48.0 Å². The Labute approximate surface area is 239 Å². The van der Waals surface area contributed by atoms with Gasteiger partial charge in [0.25, 0.3) is 5.91 Å². The van der Waals surface area contributed by atoms with Crippen LogP contribution in [0.5, 0.6) is 0 Å². The van der Waals surface area contributed by atoms with Crippen LogP contribution >= 0.6 is 23.4 Å². The minimum Gasteiger partial charge on any atom is -0.322 e. The van der Waals surface area contributed by atoms with Gasteiger partial charge in [0, 0.05) is 53.3 Å². The first-order valence-corrected chi connectivity index (χ1v) is 15.0. The van der Waals surface area contributed by atoms with Crippen LogP contribution in [0.4, 0.5) is 0 Å². The molecule has 3 aliphatic heterocycles. The number of halogens is 1. The first-order chi connectivity index (χ1) is 18.7. The van der Waals surface area contributed by atoms with E-state index in [2.05, 4.69) is 42.3 Å². The topological polar surface area (TPSA) is 69.7 Å². The molecule has 8 heteroatoms. The standard InChI is InChI=1S/C31H34ClN3O3S/c1-31(2)13-12-20(24(14-31)19-6-8-21(32)9-7-19)15-34-16-22(17-34)39-27-5-3-4-23-25(27)18-35(30(23)38)26-10-11-28(36)33-29(26)37/h3-9,22,26H,10-18H2,1-2H3,(H,33,36,37). The largest absolute Gasteiger partial charge is 0.322 e. The van der Waals surface area contributed by atoms with Gasteiger partial charge in [-0.2, -0.15) is 0 Å². The molecule has 4 aliphatic rings. The molecule has 2 aromatic rings. The summed E-state index contributed by atoms with van der Waals surface area (Å²) in [4.78, 5) is 42.5. The van der Waals surface area contributed by atoms with Gasteiger partial charge < -0.3 is 4.90 Å². The third-order valence-corrected chi connectivity index (χ3v) is 10.1. The lowest BCUT2D eigenvalue weighted by atomic mass is 9.72. The van der Waals surface area contributed by atoms with Crippen LogP contribution in [0.3, 0.4) is 0 Å². The van der Waals surface area contributed by atoms with Gasteiger partial charge in [-0.25, -0.2) is 0 Å². The molecule has 2 aromatic carbocycles. The number of amides is 3. The van der Waals surface area contributed by atoms with Gasteiger partial charge in [-0.15, -0.1) is 11.8 Å². The molecular weight excluding hydrogens is 530 g/mol. The van der Waals surface area contributed by atoms with E-state index < -0.39 is 6.04 Å². The molecule has 0 radical (unpaired) electrons. The van der Waals surface area contributed by atoms with Gasteiger partial charge >= 0.3 is 0 Å². The maximum Gasteiger partial charge on any atom is 0.255 e. The van der Waals surface area contributed by atoms with E-state index in [4.69, 9.17) is 11.6 Å². The number of fused-ring (bicyclic) bond motifs is 1. The van der Waals surface area contributed by atoms with Crippen molar-refractivity contribution >= 4 is 46.7 Å². The Balaban J connectivity index is 1.11. The molecule has 6 rings (SSSR count). The normalized spacial score (nSPS) is 23.6. The molecule has 1 N–H and O–H groups in total. The van der Waals surface area contributed by atoms with E-state index in [1.807, 2.05) is 36.0 Å². The van der Waals surface area contributed by atoms with Crippen molar-refractivity contribution in [3.63, 3.8) is 0 Å². The van der Waals surface area contributed by atoms with Crippen LogP contribution in [0, 0.1) is 5.41 Å². The number of nitrogens with zero attached hydrogens (tertiary/aromatic N) is 2. The number of rotatable bonds is 6. The van der Waals surface area contributed by atoms with E-state index in [-0.39, 0.29) is 24.1 Å². The van der Waals surface area contributed by atoms with Crippen LogP contribution in [0.15, 0.2) is 52.9 Å². The van der Waals surface area contributed by atoms with Crippen LogP contribution in [-0.4, -0.2) is 58.4 Å². The van der Waals surface area contributed by atoms with Crippen molar-refractivity contribution < 1.29 is 14.4 Å². The Morgan fingerprint density at radius 3 is 2.56 bits per heavy atom. The van der Waals surface area contributed by atoms with Gasteiger partial charge in [0.05, 0.1) is 0 Å². The van der Waals surface area contributed by atoms with Crippen LogP contribution in [0.25, 0.3) is 5.57 Å². The highest BCUT2D eigenvalue weighted by atomic mass is 35.5. The average Bonchev–Trinajstić information content (AvgIpc) is 3.21. The van der Waals surface area contributed by atoms with Crippen LogP contribution in [-0.2, 0) is 16.1 Å². The fourth-order valence-electron chi connectivity index (χ4n) is 6.31. The first-order valence-electron chi connectivity index (χ1n) is 13.8. The summed E-state index contributed by atoms with van der Waals surface area (Å²) in [6.07, 6.45) is 4.08. The van der Waals surface area contributed by atoms with Crippen LogP contribution in [0.2, 0.25) is 5.02 Å². The minimum atomic E-state index is -0.580. The number of imide groups is 1. The predicted octanol–water partition coefficient (Wildman–Crippen LogP) is 5.54. The summed E-state index contributed by atoms with van der Waals surface area (Å²) in [5.41, 5.74) is 6.32. The average molecular weight is 564 g/mol. The smallest absolute Gasteiger partial charge is 0.255 e. The number of nitrogens with one attached hydrogen (secondary N) is 1. The second-order valence-corrected chi connectivity index (χ2v) is 13.8. The number of thioether (sulfide) groups is 1. The Kier molecular flexibility index (Phi) is 7.11. The molecule has 3 heterocycles. The molecule has 2 saturated heterocycles. The van der Waals surface area contributed by atoms with Gasteiger partial charge in [-0.3, -0.25) is 24.6 Å². The number of likely N-dealkylation sites (tertiary alicyclic amines) is 1. The van der Waals surface area contributed by atoms with Crippen molar-refractivity contribution in [2.45, 2.75) is 68.7 Å². The van der Waals surface area contributed by atoms with Crippen molar-refractivity contribution in [1.82, 2.24) is 15.1 Å². The Bertz CT molecular complexity index is 1360. The molecular formula is C31H34ClN3O3S. The maximum atomic E-state index is 13.2. The molecule has 1 atom stereocenters. The summed E-state index contributed by atoms with van der Waals surface area (Å²) >= 11 is 8.01. The summed E-state index contributed by atoms with van der Waals surface area (Å²) < 4.78 is 0. The zero-order chi connectivity index (χ0) is 27.3. The maximum absolute atomic E-state index is 13.2. The fraction of sp³-hybridized carbons (Fsp3) is 0.452. The third-order valence-electron chi connectivity index (χ3n) is 8.55. The van der Waals surface area contributed by atoms with Crippen molar-refractivity contribution in [2.75, 3.05) is 19.6 Å². The zero-order valence-electron chi connectivity index (χ0n) is 22.5. The van der Waals surface area contributed by atoms with Gasteiger partial charge in [-0.05, 0) is 72.1 Å². The molecule has 1 unspecified atom stereocenters. The summed E-state index contributed by atoms with van der Waals surface area (Å²) in [5.74, 6) is -0.743. The minimum absolute atomic E-state index is 0.112. The highest BCUT2D eigenvalue weighted by Crippen LogP contribution is 2.44. The number of hydrogen-bond acceptors (Lipinski definition) is 5. The second kappa shape index (κ2) is 10.4. The molecule has 3 amide bonds. The van der Waals surface area contributed by atoms with Gasteiger partial charge in [0.15, 0.2) is 0 Å². The zero-order valence-corrected chi connectivity index (χ0v) is 24.0. The Hall–Kier alpha value is -2.61. The Morgan fingerprint density at radius 1 is 1.05 bits per heavy atom. The van der Waals surface area contributed by atoms with Crippen molar-refractivity contribution in [3.05, 3.63) is 69.8 Å². The molecule has 204 valence electrons. The number of piperidine rings is 1. The van der Waals surface area contributed by atoms with E-state index >= 15 is 0 Å². The highest BCUT2D eigenvalue weighted by Gasteiger charge is 2.40. The lowest BCUT2D eigenvalue weighted by Gasteiger charge is -2.42. The first kappa shape index (κ1) is 26.6. The van der Waals surface area contributed by atoms with Crippen molar-refractivity contribution in [1.29, 1.82) is 0 Å². The number of carbonyl (C=O) groups is 3. The predicted molar refractivity (Wildman–Crippen MR) is 155 cm³/mol. The van der Waals surface area contributed by atoms with Gasteiger partial charge in [0.2, 0.25) is 11.8 Å². The molecule has 0 aromatic heterocycles. The second-order valence-electron chi connectivity index (χ2n) is 12.0. The monoisotopic (exact) mass is 563 g/mol. The third kappa shape index (κ3) is 5.41. The van der Waals surface area contributed by atoms with Crippen molar-refractivity contribution in [2.24, 2.45) is 5.41 Å². The number of hydrogen-bond donors (Lipinski definition) is 1. The van der Waals surface area contributed by atoms with E-state index in [9.17, 15) is 14.4 Å². The SMILES string of the molecule is CC1(C)CCC(CN2CC(Sc3cccc4c3CN(C3CCC(=O)NC3=O)C4=O)C2)=C(c2ccc(Cl)cc2)C1. The quantitative estimate of drug-likeness (QED) is 0.467.